The van der Waals surface area contributed by atoms with E-state index in [-0.39, 0.29) is 5.91 Å². The number of carbonyl (C=O) groups is 1. The minimum absolute atomic E-state index is 0.00138. The number of aromatic nitrogens is 1. The predicted octanol–water partition coefficient (Wildman–Crippen LogP) is 5.56. The van der Waals surface area contributed by atoms with Crippen LogP contribution in [0.2, 0.25) is 5.02 Å². The molecule has 0 N–H and O–H groups in total. The van der Waals surface area contributed by atoms with Crippen molar-refractivity contribution in [2.24, 2.45) is 0 Å². The van der Waals surface area contributed by atoms with Gasteiger partial charge in [-0.1, -0.05) is 54.5 Å². The number of hydrogen-bond donors (Lipinski definition) is 0. The molecular weight excluding hydrogens is 390 g/mol. The first-order valence-electron chi connectivity index (χ1n) is 9.60. The van der Waals surface area contributed by atoms with Crippen LogP contribution in [0.5, 0.6) is 0 Å². The van der Waals surface area contributed by atoms with E-state index in [1.807, 2.05) is 55.1 Å². The lowest BCUT2D eigenvalue weighted by atomic mass is 10.0. The number of amides is 1. The van der Waals surface area contributed by atoms with Gasteiger partial charge in [-0.15, -0.1) is 0 Å². The smallest absolute Gasteiger partial charge is 0.260 e. The maximum absolute atomic E-state index is 13.5. The highest BCUT2D eigenvalue weighted by atomic mass is 35.5. The second-order valence-corrected chi connectivity index (χ2v) is 8.36. The maximum atomic E-state index is 13.5. The van der Waals surface area contributed by atoms with Crippen molar-refractivity contribution < 1.29 is 4.79 Å². The molecule has 0 saturated heterocycles. The topological polar surface area (TPSA) is 36.4 Å². The zero-order valence-corrected chi connectivity index (χ0v) is 18.4. The Balaban J connectivity index is 2.00. The SMILES string of the molecule is CCN(CC)CCN(C(=O)c1cc(C)ccc1C)c1nc2ccc(Cl)cc2s1. The summed E-state index contributed by atoms with van der Waals surface area (Å²) in [4.78, 5) is 22.4. The summed E-state index contributed by atoms with van der Waals surface area (Å²) < 4.78 is 0.990. The van der Waals surface area contributed by atoms with E-state index < -0.39 is 0 Å². The zero-order valence-electron chi connectivity index (χ0n) is 16.8. The molecule has 0 saturated carbocycles. The van der Waals surface area contributed by atoms with Crippen molar-refractivity contribution in [3.63, 3.8) is 0 Å². The van der Waals surface area contributed by atoms with Gasteiger partial charge in [0.1, 0.15) is 0 Å². The summed E-state index contributed by atoms with van der Waals surface area (Å²) in [5.41, 5.74) is 3.66. The first-order chi connectivity index (χ1) is 13.4. The zero-order chi connectivity index (χ0) is 20.3. The monoisotopic (exact) mass is 415 g/mol. The third-order valence-electron chi connectivity index (χ3n) is 4.97. The van der Waals surface area contributed by atoms with Gasteiger partial charge in [0.05, 0.1) is 10.2 Å². The number of benzene rings is 2. The molecule has 2 aromatic carbocycles. The third-order valence-corrected chi connectivity index (χ3v) is 6.25. The summed E-state index contributed by atoms with van der Waals surface area (Å²) in [6.07, 6.45) is 0. The van der Waals surface area contributed by atoms with Gasteiger partial charge >= 0.3 is 0 Å². The molecule has 0 aliphatic rings. The Morgan fingerprint density at radius 1 is 1.07 bits per heavy atom. The van der Waals surface area contributed by atoms with Crippen LogP contribution in [0.15, 0.2) is 36.4 Å². The molecule has 0 aliphatic heterocycles. The Bertz CT molecular complexity index is 981. The summed E-state index contributed by atoms with van der Waals surface area (Å²) in [6.45, 7) is 11.6. The molecule has 4 nitrogen and oxygen atoms in total. The molecule has 0 unspecified atom stereocenters. The molecule has 28 heavy (non-hydrogen) atoms. The fourth-order valence-electron chi connectivity index (χ4n) is 3.18. The number of halogens is 1. The summed E-state index contributed by atoms with van der Waals surface area (Å²) in [5.74, 6) is -0.00138. The second kappa shape index (κ2) is 9.03. The average molecular weight is 416 g/mol. The summed E-state index contributed by atoms with van der Waals surface area (Å²) in [5, 5.41) is 1.40. The molecule has 1 heterocycles. The van der Waals surface area contributed by atoms with Crippen molar-refractivity contribution in [3.05, 3.63) is 58.1 Å². The Morgan fingerprint density at radius 2 is 1.82 bits per heavy atom. The molecule has 1 amide bonds. The van der Waals surface area contributed by atoms with E-state index in [1.165, 1.54) is 11.3 Å². The van der Waals surface area contributed by atoms with Crippen LogP contribution in [0.25, 0.3) is 10.2 Å². The largest absolute Gasteiger partial charge is 0.302 e. The normalized spacial score (nSPS) is 11.4. The van der Waals surface area contributed by atoms with Crippen LogP contribution >= 0.6 is 22.9 Å². The highest BCUT2D eigenvalue weighted by Crippen LogP contribution is 2.32. The van der Waals surface area contributed by atoms with Gasteiger partial charge in [-0.3, -0.25) is 9.69 Å². The maximum Gasteiger partial charge on any atom is 0.260 e. The molecule has 0 spiro atoms. The number of carbonyl (C=O) groups excluding carboxylic acids is 1. The lowest BCUT2D eigenvalue weighted by Gasteiger charge is -2.25. The van der Waals surface area contributed by atoms with Crippen molar-refractivity contribution in [1.29, 1.82) is 0 Å². The third kappa shape index (κ3) is 4.54. The van der Waals surface area contributed by atoms with Crippen LogP contribution in [0.4, 0.5) is 5.13 Å². The standard InChI is InChI=1S/C22H26ClN3OS/c1-5-25(6-2)11-12-26(21(27)18-13-15(3)7-8-16(18)4)22-24-19-10-9-17(23)14-20(19)28-22/h7-10,13-14H,5-6,11-12H2,1-4H3. The van der Waals surface area contributed by atoms with E-state index >= 15 is 0 Å². The van der Waals surface area contributed by atoms with E-state index in [4.69, 9.17) is 16.6 Å². The van der Waals surface area contributed by atoms with Crippen molar-refractivity contribution >= 4 is 44.2 Å². The van der Waals surface area contributed by atoms with E-state index in [0.29, 0.717) is 11.6 Å². The molecule has 0 radical (unpaired) electrons. The number of nitrogens with zero attached hydrogens (tertiary/aromatic N) is 3. The van der Waals surface area contributed by atoms with Crippen LogP contribution in [-0.2, 0) is 0 Å². The van der Waals surface area contributed by atoms with Gasteiger partial charge in [-0.05, 0) is 56.8 Å². The fourth-order valence-corrected chi connectivity index (χ4v) is 4.44. The Morgan fingerprint density at radius 3 is 2.54 bits per heavy atom. The minimum Gasteiger partial charge on any atom is -0.302 e. The van der Waals surface area contributed by atoms with Crippen molar-refractivity contribution in [3.8, 4) is 0 Å². The van der Waals surface area contributed by atoms with E-state index in [0.717, 1.165) is 51.7 Å². The number of thiazole rings is 1. The minimum atomic E-state index is -0.00138. The summed E-state index contributed by atoms with van der Waals surface area (Å²) in [6, 6.07) is 11.6. The Kier molecular flexibility index (Phi) is 6.70. The molecule has 1 aromatic heterocycles. The van der Waals surface area contributed by atoms with Crippen molar-refractivity contribution in [1.82, 2.24) is 9.88 Å². The van der Waals surface area contributed by atoms with Gasteiger partial charge in [-0.2, -0.15) is 0 Å². The molecule has 0 fully saturated rings. The van der Waals surface area contributed by atoms with Crippen LogP contribution in [-0.4, -0.2) is 42.0 Å². The highest BCUT2D eigenvalue weighted by molar-refractivity contribution is 7.22. The predicted molar refractivity (Wildman–Crippen MR) is 120 cm³/mol. The number of aryl methyl sites for hydroxylation is 2. The van der Waals surface area contributed by atoms with E-state index in [1.54, 1.807) is 0 Å². The van der Waals surface area contributed by atoms with Gasteiger partial charge < -0.3 is 4.90 Å². The van der Waals surface area contributed by atoms with Crippen LogP contribution in [0, 0.1) is 13.8 Å². The van der Waals surface area contributed by atoms with Crippen molar-refractivity contribution in [2.75, 3.05) is 31.1 Å². The average Bonchev–Trinajstić information content (AvgIpc) is 3.09. The van der Waals surface area contributed by atoms with Gasteiger partial charge in [0.25, 0.3) is 5.91 Å². The van der Waals surface area contributed by atoms with Crippen LogP contribution in [0.1, 0.15) is 35.3 Å². The van der Waals surface area contributed by atoms with E-state index in [9.17, 15) is 4.79 Å². The quantitative estimate of drug-likeness (QED) is 0.507. The van der Waals surface area contributed by atoms with Gasteiger partial charge in [0.2, 0.25) is 0 Å². The highest BCUT2D eigenvalue weighted by Gasteiger charge is 2.23. The molecule has 3 rings (SSSR count). The molecule has 0 atom stereocenters. The fraction of sp³-hybridized carbons (Fsp3) is 0.364. The van der Waals surface area contributed by atoms with Crippen LogP contribution in [0.3, 0.4) is 0 Å². The molecule has 0 aliphatic carbocycles. The van der Waals surface area contributed by atoms with E-state index in [2.05, 4.69) is 18.7 Å². The van der Waals surface area contributed by atoms with Crippen LogP contribution < -0.4 is 4.90 Å². The Labute approximate surface area is 175 Å². The van der Waals surface area contributed by atoms with Gasteiger partial charge in [0, 0.05) is 23.7 Å². The number of fused-ring (bicyclic) bond motifs is 1. The first kappa shape index (κ1) is 20.8. The number of likely N-dealkylation sites (N-methyl/N-ethyl adjacent to an activating group) is 1. The molecule has 0 bridgehead atoms. The lowest BCUT2D eigenvalue weighted by molar-refractivity contribution is 0.0983. The van der Waals surface area contributed by atoms with Gasteiger partial charge in [-0.25, -0.2) is 4.98 Å². The Hall–Kier alpha value is -1.95. The molecule has 3 aromatic rings. The lowest BCUT2D eigenvalue weighted by Crippen LogP contribution is -2.39. The molecule has 148 valence electrons. The second-order valence-electron chi connectivity index (χ2n) is 6.91. The number of rotatable bonds is 7. The summed E-state index contributed by atoms with van der Waals surface area (Å²) >= 11 is 7.65. The first-order valence-corrected chi connectivity index (χ1v) is 10.8. The molecular formula is C22H26ClN3OS. The summed E-state index contributed by atoms with van der Waals surface area (Å²) in [7, 11) is 0. The van der Waals surface area contributed by atoms with Crippen molar-refractivity contribution in [2.45, 2.75) is 27.7 Å². The number of hydrogen-bond acceptors (Lipinski definition) is 4. The number of anilines is 1. The van der Waals surface area contributed by atoms with Gasteiger partial charge in [0.15, 0.2) is 5.13 Å². The molecule has 6 heteroatoms.